The van der Waals surface area contributed by atoms with Crippen LogP contribution in [0.2, 0.25) is 0 Å². The number of allylic oxidation sites excluding steroid dienone is 2. The number of rotatable bonds is 4. The number of aliphatic carboxylic acids is 1. The van der Waals surface area contributed by atoms with Crippen molar-refractivity contribution in [3.63, 3.8) is 0 Å². The van der Waals surface area contributed by atoms with Crippen LogP contribution in [0.1, 0.15) is 52.9 Å². The van der Waals surface area contributed by atoms with Crippen molar-refractivity contribution in [2.75, 3.05) is 0 Å². The zero-order chi connectivity index (χ0) is 16.5. The Morgan fingerprint density at radius 2 is 2.09 bits per heavy atom. The SMILES string of the molecule is C=CC[C@H]1[C@H]2CC[C@@H](/C(C)=C/C(=O)O)C[C@@]2(C)[C@H](C)C[C@@H]1O. The predicted molar refractivity (Wildman–Crippen MR) is 88.4 cm³/mol. The van der Waals surface area contributed by atoms with Gasteiger partial charge in [0.2, 0.25) is 0 Å². The van der Waals surface area contributed by atoms with Gasteiger partial charge in [-0.05, 0) is 68.1 Å². The highest BCUT2D eigenvalue weighted by Gasteiger charge is 2.52. The number of carboxylic acid groups (broad SMARTS) is 1. The van der Waals surface area contributed by atoms with Crippen molar-refractivity contribution in [3.05, 3.63) is 24.3 Å². The molecule has 0 aromatic rings. The second kappa shape index (κ2) is 6.57. The van der Waals surface area contributed by atoms with Gasteiger partial charge in [0.25, 0.3) is 0 Å². The monoisotopic (exact) mass is 306 g/mol. The van der Waals surface area contributed by atoms with Crippen LogP contribution in [0.4, 0.5) is 0 Å². The van der Waals surface area contributed by atoms with Crippen molar-refractivity contribution in [2.45, 2.75) is 59.0 Å². The lowest BCUT2D eigenvalue weighted by molar-refractivity contribution is -0.131. The largest absolute Gasteiger partial charge is 0.478 e. The molecule has 2 aliphatic carbocycles. The van der Waals surface area contributed by atoms with E-state index in [0.717, 1.165) is 37.7 Å². The van der Waals surface area contributed by atoms with Gasteiger partial charge in [-0.3, -0.25) is 0 Å². The fourth-order valence-electron chi connectivity index (χ4n) is 5.05. The van der Waals surface area contributed by atoms with E-state index >= 15 is 0 Å². The lowest BCUT2D eigenvalue weighted by Crippen LogP contribution is -2.51. The van der Waals surface area contributed by atoms with E-state index in [0.29, 0.717) is 23.7 Å². The van der Waals surface area contributed by atoms with Crippen molar-refractivity contribution in [1.82, 2.24) is 0 Å². The van der Waals surface area contributed by atoms with Gasteiger partial charge in [-0.15, -0.1) is 6.58 Å². The van der Waals surface area contributed by atoms with Gasteiger partial charge in [0, 0.05) is 6.08 Å². The molecule has 6 atom stereocenters. The van der Waals surface area contributed by atoms with Gasteiger partial charge in [0.15, 0.2) is 0 Å². The summed E-state index contributed by atoms with van der Waals surface area (Å²) in [6, 6.07) is 0. The van der Waals surface area contributed by atoms with E-state index in [-0.39, 0.29) is 11.5 Å². The molecule has 0 aromatic carbocycles. The van der Waals surface area contributed by atoms with Gasteiger partial charge in [0.1, 0.15) is 0 Å². The van der Waals surface area contributed by atoms with Crippen LogP contribution in [0, 0.1) is 29.1 Å². The molecule has 3 nitrogen and oxygen atoms in total. The van der Waals surface area contributed by atoms with E-state index in [1.807, 2.05) is 13.0 Å². The zero-order valence-corrected chi connectivity index (χ0v) is 14.1. The van der Waals surface area contributed by atoms with E-state index in [9.17, 15) is 9.90 Å². The number of aliphatic hydroxyl groups excluding tert-OH is 1. The van der Waals surface area contributed by atoms with Crippen molar-refractivity contribution < 1.29 is 15.0 Å². The van der Waals surface area contributed by atoms with Crippen LogP contribution in [-0.4, -0.2) is 22.3 Å². The molecular formula is C19H30O3. The van der Waals surface area contributed by atoms with Gasteiger partial charge in [-0.1, -0.05) is 25.5 Å². The molecule has 2 saturated carbocycles. The Labute approximate surface area is 134 Å². The van der Waals surface area contributed by atoms with Crippen molar-refractivity contribution in [1.29, 1.82) is 0 Å². The van der Waals surface area contributed by atoms with Crippen LogP contribution in [0.3, 0.4) is 0 Å². The van der Waals surface area contributed by atoms with E-state index in [1.165, 1.54) is 6.08 Å². The lowest BCUT2D eigenvalue weighted by atomic mass is 9.49. The molecule has 0 bridgehead atoms. The highest BCUT2D eigenvalue weighted by atomic mass is 16.4. The van der Waals surface area contributed by atoms with Gasteiger partial charge in [-0.25, -0.2) is 4.79 Å². The minimum Gasteiger partial charge on any atom is -0.478 e. The van der Waals surface area contributed by atoms with E-state index in [4.69, 9.17) is 5.11 Å². The number of hydrogen-bond acceptors (Lipinski definition) is 2. The van der Waals surface area contributed by atoms with Gasteiger partial charge < -0.3 is 10.2 Å². The lowest BCUT2D eigenvalue weighted by Gasteiger charge is -2.56. The first kappa shape index (κ1) is 17.3. The van der Waals surface area contributed by atoms with Crippen LogP contribution < -0.4 is 0 Å². The summed E-state index contributed by atoms with van der Waals surface area (Å²) < 4.78 is 0. The fourth-order valence-corrected chi connectivity index (χ4v) is 5.05. The standard InChI is InChI=1S/C19H30O3/c1-5-6-15-16-8-7-14(12(2)9-18(21)22)11-19(16,4)13(3)10-17(15)20/h5,9,13-17,20H,1,6-8,10-11H2,2-4H3,(H,21,22)/b12-9+/t13-,14-,15+,16-,17+,19+/m1/s1. The average Bonchev–Trinajstić information content (AvgIpc) is 2.43. The smallest absolute Gasteiger partial charge is 0.328 e. The third kappa shape index (κ3) is 3.15. The molecule has 0 spiro atoms. The maximum Gasteiger partial charge on any atom is 0.328 e. The third-order valence-corrected chi connectivity index (χ3v) is 6.53. The first-order valence-electron chi connectivity index (χ1n) is 8.49. The first-order valence-corrected chi connectivity index (χ1v) is 8.49. The fraction of sp³-hybridized carbons (Fsp3) is 0.737. The van der Waals surface area contributed by atoms with E-state index < -0.39 is 5.97 Å². The van der Waals surface area contributed by atoms with Crippen LogP contribution in [0.5, 0.6) is 0 Å². The Hall–Kier alpha value is -1.09. The molecule has 0 amide bonds. The predicted octanol–water partition coefficient (Wildman–Crippen LogP) is 4.03. The quantitative estimate of drug-likeness (QED) is 0.609. The second-order valence-corrected chi connectivity index (χ2v) is 7.71. The Morgan fingerprint density at radius 3 is 2.68 bits per heavy atom. The number of carbonyl (C=O) groups is 1. The Balaban J connectivity index is 2.24. The van der Waals surface area contributed by atoms with E-state index in [2.05, 4.69) is 20.4 Å². The molecule has 2 fully saturated rings. The summed E-state index contributed by atoms with van der Waals surface area (Å²) in [7, 11) is 0. The summed E-state index contributed by atoms with van der Waals surface area (Å²) >= 11 is 0. The van der Waals surface area contributed by atoms with Crippen molar-refractivity contribution >= 4 is 5.97 Å². The highest BCUT2D eigenvalue weighted by Crippen LogP contribution is 2.58. The molecule has 3 heteroatoms. The molecule has 2 N–H and O–H groups in total. The number of fused-ring (bicyclic) bond motifs is 1. The molecule has 0 aromatic heterocycles. The van der Waals surface area contributed by atoms with Gasteiger partial charge in [0.05, 0.1) is 6.10 Å². The number of hydrogen-bond donors (Lipinski definition) is 2. The van der Waals surface area contributed by atoms with Gasteiger partial charge in [-0.2, -0.15) is 0 Å². The Bertz CT molecular complexity index is 467. The zero-order valence-electron chi connectivity index (χ0n) is 14.1. The van der Waals surface area contributed by atoms with Crippen LogP contribution >= 0.6 is 0 Å². The third-order valence-electron chi connectivity index (χ3n) is 6.53. The molecule has 0 radical (unpaired) electrons. The summed E-state index contributed by atoms with van der Waals surface area (Å²) in [5, 5.41) is 19.5. The van der Waals surface area contributed by atoms with Crippen molar-refractivity contribution in [2.24, 2.45) is 29.1 Å². The molecular weight excluding hydrogens is 276 g/mol. The van der Waals surface area contributed by atoms with Crippen molar-refractivity contribution in [3.8, 4) is 0 Å². The Morgan fingerprint density at radius 1 is 1.41 bits per heavy atom. The highest BCUT2D eigenvalue weighted by molar-refractivity contribution is 5.80. The van der Waals surface area contributed by atoms with Gasteiger partial charge >= 0.3 is 5.97 Å². The average molecular weight is 306 g/mol. The number of aliphatic hydroxyl groups is 1. The van der Waals surface area contributed by atoms with Crippen LogP contribution in [0.25, 0.3) is 0 Å². The van der Waals surface area contributed by atoms with Crippen LogP contribution in [0.15, 0.2) is 24.3 Å². The first-order chi connectivity index (χ1) is 10.3. The summed E-state index contributed by atoms with van der Waals surface area (Å²) in [4.78, 5) is 10.9. The minimum atomic E-state index is -0.846. The molecule has 0 saturated heterocycles. The second-order valence-electron chi connectivity index (χ2n) is 7.71. The molecule has 0 unspecified atom stereocenters. The normalized spacial score (nSPS) is 42.5. The molecule has 124 valence electrons. The summed E-state index contributed by atoms with van der Waals surface area (Å²) in [6.07, 6.45) is 7.95. The molecule has 22 heavy (non-hydrogen) atoms. The topological polar surface area (TPSA) is 57.5 Å². The maximum absolute atomic E-state index is 10.9. The van der Waals surface area contributed by atoms with E-state index in [1.54, 1.807) is 0 Å². The molecule has 0 heterocycles. The maximum atomic E-state index is 10.9. The molecule has 2 aliphatic rings. The molecule has 0 aliphatic heterocycles. The Kier molecular flexibility index (Phi) is 5.16. The summed E-state index contributed by atoms with van der Waals surface area (Å²) in [6.45, 7) is 10.4. The number of carboxylic acids is 1. The minimum absolute atomic E-state index is 0.184. The summed E-state index contributed by atoms with van der Waals surface area (Å²) in [5.41, 5.74) is 1.18. The van der Waals surface area contributed by atoms with Crippen LogP contribution in [-0.2, 0) is 4.79 Å². The molecule has 2 rings (SSSR count). The summed E-state index contributed by atoms with van der Waals surface area (Å²) in [5.74, 6) is 0.802.